The third-order valence-corrected chi connectivity index (χ3v) is 2.89. The third-order valence-electron chi connectivity index (χ3n) is 1.71. The minimum absolute atomic E-state index is 0.0548. The molecule has 9 heteroatoms. The van der Waals surface area contributed by atoms with Gasteiger partial charge in [0, 0.05) is 0 Å². The fraction of sp³-hybridized carbons (Fsp3) is 0.143. The number of ether oxygens (including phenoxy) is 1. The van der Waals surface area contributed by atoms with E-state index in [1.807, 2.05) is 0 Å². The van der Waals surface area contributed by atoms with Crippen molar-refractivity contribution >= 4 is 27.4 Å². The second-order valence-electron chi connectivity index (χ2n) is 2.69. The Labute approximate surface area is 95.5 Å². The molecule has 0 atom stereocenters. The standard InChI is InChI=1S/C7H6ClNO6S/c1-15-6-3-5(9(10)11)7(2-4(6)8)16(12,13)14/h2-3H,1H3,(H,12,13,14). The van der Waals surface area contributed by atoms with Crippen LogP contribution in [0.5, 0.6) is 5.75 Å². The number of rotatable bonds is 3. The van der Waals surface area contributed by atoms with E-state index < -0.39 is 25.6 Å². The lowest BCUT2D eigenvalue weighted by atomic mass is 10.3. The zero-order valence-corrected chi connectivity index (χ0v) is 9.45. The van der Waals surface area contributed by atoms with Crippen LogP contribution in [-0.2, 0) is 10.1 Å². The first-order chi connectivity index (χ1) is 7.27. The van der Waals surface area contributed by atoms with E-state index in [0.717, 1.165) is 12.1 Å². The maximum absolute atomic E-state index is 10.9. The Bertz CT molecular complexity index is 540. The SMILES string of the molecule is COc1cc([N+](=O)[O-])c(S(=O)(=O)O)cc1Cl. The fourth-order valence-corrected chi connectivity index (χ4v) is 2.00. The lowest BCUT2D eigenvalue weighted by molar-refractivity contribution is -0.388. The van der Waals surface area contributed by atoms with Gasteiger partial charge in [-0.3, -0.25) is 14.7 Å². The molecule has 0 saturated heterocycles. The van der Waals surface area contributed by atoms with Crippen LogP contribution in [0.15, 0.2) is 17.0 Å². The maximum Gasteiger partial charge on any atom is 0.301 e. The van der Waals surface area contributed by atoms with Gasteiger partial charge in [0.2, 0.25) is 0 Å². The van der Waals surface area contributed by atoms with Crippen LogP contribution in [0.1, 0.15) is 0 Å². The molecule has 0 amide bonds. The van der Waals surface area contributed by atoms with Gasteiger partial charge in [-0.05, 0) is 6.07 Å². The summed E-state index contributed by atoms with van der Waals surface area (Å²) in [5, 5.41) is 10.4. The van der Waals surface area contributed by atoms with Gasteiger partial charge >= 0.3 is 10.1 Å². The monoisotopic (exact) mass is 267 g/mol. The molecule has 1 N–H and O–H groups in total. The summed E-state index contributed by atoms with van der Waals surface area (Å²) in [6.07, 6.45) is 0. The molecule has 1 rings (SSSR count). The average molecular weight is 268 g/mol. The molecule has 7 nitrogen and oxygen atoms in total. The Balaban J connectivity index is 3.62. The van der Waals surface area contributed by atoms with Crippen molar-refractivity contribution in [3.05, 3.63) is 27.3 Å². The molecule has 0 heterocycles. The molecule has 0 spiro atoms. The number of benzene rings is 1. The van der Waals surface area contributed by atoms with Crippen LogP contribution >= 0.6 is 11.6 Å². The lowest BCUT2D eigenvalue weighted by Crippen LogP contribution is -2.04. The van der Waals surface area contributed by atoms with Gasteiger partial charge in [0.1, 0.15) is 5.75 Å². The number of methoxy groups -OCH3 is 1. The van der Waals surface area contributed by atoms with E-state index in [1.165, 1.54) is 7.11 Å². The quantitative estimate of drug-likeness (QED) is 0.505. The molecule has 0 aliphatic heterocycles. The largest absolute Gasteiger partial charge is 0.495 e. The molecule has 88 valence electrons. The van der Waals surface area contributed by atoms with E-state index in [1.54, 1.807) is 0 Å². The molecule has 0 aliphatic carbocycles. The molecule has 0 unspecified atom stereocenters. The van der Waals surface area contributed by atoms with E-state index in [4.69, 9.17) is 20.9 Å². The molecule has 0 radical (unpaired) electrons. The van der Waals surface area contributed by atoms with Crippen molar-refractivity contribution in [1.29, 1.82) is 0 Å². The molecule has 0 aliphatic rings. The van der Waals surface area contributed by atoms with Gasteiger partial charge in [0.25, 0.3) is 5.69 Å². The zero-order chi connectivity index (χ0) is 12.5. The Hall–Kier alpha value is -1.38. The van der Waals surface area contributed by atoms with Crippen molar-refractivity contribution < 1.29 is 22.6 Å². The summed E-state index contributed by atoms with van der Waals surface area (Å²) in [5.74, 6) is -0.0548. The molecular weight excluding hydrogens is 262 g/mol. The number of hydrogen-bond donors (Lipinski definition) is 1. The highest BCUT2D eigenvalue weighted by molar-refractivity contribution is 7.86. The van der Waals surface area contributed by atoms with Crippen molar-refractivity contribution in [1.82, 2.24) is 0 Å². The van der Waals surface area contributed by atoms with Crippen LogP contribution in [-0.4, -0.2) is 25.0 Å². The van der Waals surface area contributed by atoms with Crippen molar-refractivity contribution in [3.8, 4) is 5.75 Å². The minimum Gasteiger partial charge on any atom is -0.495 e. The van der Waals surface area contributed by atoms with E-state index in [9.17, 15) is 18.5 Å². The number of nitrogens with zero attached hydrogens (tertiary/aromatic N) is 1. The predicted octanol–water partition coefficient (Wildman–Crippen LogP) is 1.50. The predicted molar refractivity (Wildman–Crippen MR) is 54.5 cm³/mol. The first-order valence-corrected chi connectivity index (χ1v) is 5.58. The van der Waals surface area contributed by atoms with Crippen LogP contribution in [0.3, 0.4) is 0 Å². The van der Waals surface area contributed by atoms with Crippen molar-refractivity contribution in [2.24, 2.45) is 0 Å². The van der Waals surface area contributed by atoms with Crippen molar-refractivity contribution in [3.63, 3.8) is 0 Å². The van der Waals surface area contributed by atoms with Crippen LogP contribution in [0.4, 0.5) is 5.69 Å². The van der Waals surface area contributed by atoms with E-state index >= 15 is 0 Å². The molecule has 0 fully saturated rings. The van der Waals surface area contributed by atoms with Crippen LogP contribution in [0.25, 0.3) is 0 Å². The maximum atomic E-state index is 10.9. The number of nitro benzene ring substituents is 1. The normalized spacial score (nSPS) is 11.2. The molecule has 0 bridgehead atoms. The first-order valence-electron chi connectivity index (χ1n) is 3.76. The number of hydrogen-bond acceptors (Lipinski definition) is 5. The summed E-state index contributed by atoms with van der Waals surface area (Å²) < 4.78 is 35.2. The van der Waals surface area contributed by atoms with Gasteiger partial charge in [-0.1, -0.05) is 11.6 Å². The van der Waals surface area contributed by atoms with Crippen LogP contribution < -0.4 is 4.74 Å². The molecular formula is C7H6ClNO6S. The summed E-state index contributed by atoms with van der Waals surface area (Å²) in [6.45, 7) is 0. The van der Waals surface area contributed by atoms with Crippen LogP contribution in [0, 0.1) is 10.1 Å². The molecule has 0 aromatic heterocycles. The summed E-state index contributed by atoms with van der Waals surface area (Å²) >= 11 is 5.59. The average Bonchev–Trinajstić information content (AvgIpc) is 2.15. The summed E-state index contributed by atoms with van der Waals surface area (Å²) in [7, 11) is -3.49. The first kappa shape index (κ1) is 12.7. The smallest absolute Gasteiger partial charge is 0.301 e. The van der Waals surface area contributed by atoms with Gasteiger partial charge in [-0.25, -0.2) is 0 Å². The Morgan fingerprint density at radius 2 is 2.06 bits per heavy atom. The number of nitro groups is 1. The van der Waals surface area contributed by atoms with E-state index in [2.05, 4.69) is 0 Å². The molecule has 1 aromatic rings. The van der Waals surface area contributed by atoms with Gasteiger partial charge in [0.05, 0.1) is 23.1 Å². The van der Waals surface area contributed by atoms with Crippen molar-refractivity contribution in [2.45, 2.75) is 4.90 Å². The summed E-state index contributed by atoms with van der Waals surface area (Å²) in [4.78, 5) is 8.75. The summed E-state index contributed by atoms with van der Waals surface area (Å²) in [5.41, 5.74) is -0.802. The highest BCUT2D eigenvalue weighted by Crippen LogP contribution is 2.34. The fourth-order valence-electron chi connectivity index (χ4n) is 1.03. The molecule has 1 aromatic carbocycles. The molecule has 0 saturated carbocycles. The van der Waals surface area contributed by atoms with Crippen molar-refractivity contribution in [2.75, 3.05) is 7.11 Å². The zero-order valence-electron chi connectivity index (χ0n) is 7.88. The Morgan fingerprint density at radius 3 is 2.44 bits per heavy atom. The Morgan fingerprint density at radius 1 is 1.50 bits per heavy atom. The highest BCUT2D eigenvalue weighted by Gasteiger charge is 2.26. The third kappa shape index (κ3) is 2.40. The van der Waals surface area contributed by atoms with Gasteiger partial charge < -0.3 is 4.74 Å². The second kappa shape index (κ2) is 4.24. The van der Waals surface area contributed by atoms with Crippen LogP contribution in [0.2, 0.25) is 5.02 Å². The Kier molecular flexibility index (Phi) is 3.36. The van der Waals surface area contributed by atoms with E-state index in [0.29, 0.717) is 0 Å². The van der Waals surface area contributed by atoms with Gasteiger partial charge in [0.15, 0.2) is 4.90 Å². The topological polar surface area (TPSA) is 107 Å². The lowest BCUT2D eigenvalue weighted by Gasteiger charge is -2.05. The highest BCUT2D eigenvalue weighted by atomic mass is 35.5. The van der Waals surface area contributed by atoms with Gasteiger partial charge in [-0.2, -0.15) is 8.42 Å². The van der Waals surface area contributed by atoms with E-state index in [-0.39, 0.29) is 10.8 Å². The summed E-state index contributed by atoms with van der Waals surface area (Å²) in [6, 6.07) is 1.58. The molecule has 16 heavy (non-hydrogen) atoms. The second-order valence-corrected chi connectivity index (χ2v) is 4.48. The van der Waals surface area contributed by atoms with Gasteiger partial charge in [-0.15, -0.1) is 0 Å². The minimum atomic E-state index is -4.71. The number of halogens is 1.